The third kappa shape index (κ3) is 4.37. The van der Waals surface area contributed by atoms with Crippen molar-refractivity contribution in [1.29, 1.82) is 0 Å². The molecule has 1 atom stereocenters. The lowest BCUT2D eigenvalue weighted by molar-refractivity contribution is -0.678. The molecule has 0 bridgehead atoms. The van der Waals surface area contributed by atoms with Crippen LogP contribution < -0.4 is 10.6 Å². The SMILES string of the molecule is O=C(CC1[NH2+]CCNC1=O)OCCc1ccccc1. The van der Waals surface area contributed by atoms with Gasteiger partial charge in [0.15, 0.2) is 6.04 Å². The molecule has 1 aromatic rings. The first-order valence-electron chi connectivity index (χ1n) is 6.56. The van der Waals surface area contributed by atoms with Gasteiger partial charge in [0.05, 0.1) is 19.7 Å². The minimum atomic E-state index is -0.335. The summed E-state index contributed by atoms with van der Waals surface area (Å²) in [5, 5.41) is 4.63. The fraction of sp³-hybridized carbons (Fsp3) is 0.429. The number of esters is 1. The van der Waals surface area contributed by atoms with Gasteiger partial charge in [-0.15, -0.1) is 0 Å². The van der Waals surface area contributed by atoms with E-state index in [1.54, 1.807) is 0 Å². The number of hydrogen-bond donors (Lipinski definition) is 2. The van der Waals surface area contributed by atoms with Crippen molar-refractivity contribution in [2.24, 2.45) is 0 Å². The van der Waals surface area contributed by atoms with Crippen LogP contribution in [0, 0.1) is 0 Å². The molecule has 3 N–H and O–H groups in total. The molecule has 0 saturated carbocycles. The van der Waals surface area contributed by atoms with Crippen molar-refractivity contribution in [3.8, 4) is 0 Å². The van der Waals surface area contributed by atoms with Gasteiger partial charge in [-0.1, -0.05) is 30.3 Å². The van der Waals surface area contributed by atoms with Crippen LogP contribution in [0.2, 0.25) is 0 Å². The average molecular weight is 263 g/mol. The maximum atomic E-state index is 11.6. The Morgan fingerprint density at radius 3 is 2.89 bits per heavy atom. The molecule has 0 spiro atoms. The van der Waals surface area contributed by atoms with Gasteiger partial charge < -0.3 is 15.4 Å². The van der Waals surface area contributed by atoms with Crippen molar-refractivity contribution in [3.63, 3.8) is 0 Å². The number of quaternary nitrogens is 1. The second-order valence-electron chi connectivity index (χ2n) is 4.58. The largest absolute Gasteiger partial charge is 0.465 e. The molecule has 0 radical (unpaired) electrons. The van der Waals surface area contributed by atoms with Gasteiger partial charge in [-0.05, 0) is 5.56 Å². The van der Waals surface area contributed by atoms with Gasteiger partial charge in [0, 0.05) is 6.42 Å². The molecule has 1 aliphatic heterocycles. The standard InChI is InChI=1S/C14H18N2O3/c17-13(10-12-14(18)16-8-7-15-12)19-9-6-11-4-2-1-3-5-11/h1-5,12,15H,6-10H2,(H,16,18)/p+1. The molecule has 0 aliphatic carbocycles. The summed E-state index contributed by atoms with van der Waals surface area (Å²) in [4.78, 5) is 23.1. The summed E-state index contributed by atoms with van der Waals surface area (Å²) >= 11 is 0. The molecule has 1 saturated heterocycles. The summed E-state index contributed by atoms with van der Waals surface area (Å²) < 4.78 is 5.16. The molecule has 1 amide bonds. The van der Waals surface area contributed by atoms with E-state index >= 15 is 0 Å². The monoisotopic (exact) mass is 263 g/mol. The van der Waals surface area contributed by atoms with E-state index in [2.05, 4.69) is 5.32 Å². The van der Waals surface area contributed by atoms with E-state index in [1.165, 1.54) is 0 Å². The molecule has 1 aliphatic rings. The number of nitrogens with two attached hydrogens (primary N) is 1. The number of amides is 1. The number of piperazine rings is 1. The van der Waals surface area contributed by atoms with Crippen molar-refractivity contribution in [2.45, 2.75) is 18.9 Å². The fourth-order valence-electron chi connectivity index (χ4n) is 2.06. The Bertz CT molecular complexity index is 434. The Hall–Kier alpha value is -1.88. The quantitative estimate of drug-likeness (QED) is 0.685. The molecule has 2 rings (SSSR count). The molecule has 1 aromatic carbocycles. The molecular weight excluding hydrogens is 244 g/mol. The van der Waals surface area contributed by atoms with Crippen molar-refractivity contribution < 1.29 is 19.6 Å². The van der Waals surface area contributed by atoms with Gasteiger partial charge in [-0.25, -0.2) is 0 Å². The van der Waals surface area contributed by atoms with E-state index < -0.39 is 0 Å². The van der Waals surface area contributed by atoms with Gasteiger partial charge in [-0.3, -0.25) is 9.59 Å². The highest BCUT2D eigenvalue weighted by Crippen LogP contribution is 2.01. The molecule has 19 heavy (non-hydrogen) atoms. The van der Waals surface area contributed by atoms with Gasteiger partial charge in [0.2, 0.25) is 0 Å². The number of hydrogen-bond acceptors (Lipinski definition) is 3. The van der Waals surface area contributed by atoms with Crippen LogP contribution in [0.3, 0.4) is 0 Å². The summed E-state index contributed by atoms with van der Waals surface area (Å²) in [6.07, 6.45) is 0.841. The number of carbonyl (C=O) groups excluding carboxylic acids is 2. The Labute approximate surface area is 112 Å². The first-order chi connectivity index (χ1) is 9.25. The van der Waals surface area contributed by atoms with Crippen LogP contribution in [-0.4, -0.2) is 37.6 Å². The van der Waals surface area contributed by atoms with Gasteiger partial charge >= 0.3 is 5.97 Å². The van der Waals surface area contributed by atoms with Gasteiger partial charge in [-0.2, -0.15) is 0 Å². The van der Waals surface area contributed by atoms with Crippen LogP contribution >= 0.6 is 0 Å². The van der Waals surface area contributed by atoms with Gasteiger partial charge in [0.25, 0.3) is 5.91 Å². The normalized spacial score (nSPS) is 18.7. The summed E-state index contributed by atoms with van der Waals surface area (Å²) in [5.74, 6) is -0.388. The smallest absolute Gasteiger partial charge is 0.312 e. The van der Waals surface area contributed by atoms with E-state index in [0.717, 1.165) is 12.1 Å². The van der Waals surface area contributed by atoms with Crippen molar-refractivity contribution >= 4 is 11.9 Å². The van der Waals surface area contributed by atoms with Crippen LogP contribution in [-0.2, 0) is 20.7 Å². The van der Waals surface area contributed by atoms with E-state index in [9.17, 15) is 9.59 Å². The second-order valence-corrected chi connectivity index (χ2v) is 4.58. The van der Waals surface area contributed by atoms with E-state index in [-0.39, 0.29) is 24.3 Å². The van der Waals surface area contributed by atoms with Gasteiger partial charge in [0.1, 0.15) is 6.42 Å². The second kappa shape index (κ2) is 6.89. The van der Waals surface area contributed by atoms with Crippen LogP contribution in [0.4, 0.5) is 0 Å². The first-order valence-corrected chi connectivity index (χ1v) is 6.56. The highest BCUT2D eigenvalue weighted by Gasteiger charge is 2.28. The van der Waals surface area contributed by atoms with Crippen LogP contribution in [0.25, 0.3) is 0 Å². The Morgan fingerprint density at radius 2 is 2.16 bits per heavy atom. The van der Waals surface area contributed by atoms with Crippen molar-refractivity contribution in [2.75, 3.05) is 19.7 Å². The zero-order valence-electron chi connectivity index (χ0n) is 10.8. The average Bonchev–Trinajstić information content (AvgIpc) is 2.43. The number of carbonyl (C=O) groups is 2. The zero-order valence-corrected chi connectivity index (χ0v) is 10.8. The molecular formula is C14H19N2O3+. The lowest BCUT2D eigenvalue weighted by Gasteiger charge is -2.19. The molecule has 102 valence electrons. The number of benzene rings is 1. The minimum absolute atomic E-state index is 0.0775. The number of rotatable bonds is 5. The van der Waals surface area contributed by atoms with Crippen molar-refractivity contribution in [1.82, 2.24) is 5.32 Å². The summed E-state index contributed by atoms with van der Waals surface area (Å²) in [6.45, 7) is 1.84. The fourth-order valence-corrected chi connectivity index (χ4v) is 2.06. The highest BCUT2D eigenvalue weighted by atomic mass is 16.5. The molecule has 5 nitrogen and oxygen atoms in total. The summed E-state index contributed by atoms with van der Waals surface area (Å²) in [6, 6.07) is 9.52. The predicted molar refractivity (Wildman–Crippen MR) is 69.3 cm³/mol. The molecule has 1 fully saturated rings. The maximum Gasteiger partial charge on any atom is 0.312 e. The van der Waals surface area contributed by atoms with Crippen molar-refractivity contribution in [3.05, 3.63) is 35.9 Å². The summed E-state index contributed by atoms with van der Waals surface area (Å²) in [7, 11) is 0. The predicted octanol–water partition coefficient (Wildman–Crippen LogP) is -0.776. The first kappa shape index (κ1) is 13.5. The third-order valence-corrected chi connectivity index (χ3v) is 3.11. The van der Waals surface area contributed by atoms with E-state index in [1.807, 2.05) is 35.6 Å². The third-order valence-electron chi connectivity index (χ3n) is 3.11. The van der Waals surface area contributed by atoms with Crippen LogP contribution in [0.5, 0.6) is 0 Å². The highest BCUT2D eigenvalue weighted by molar-refractivity contribution is 5.85. The lowest BCUT2D eigenvalue weighted by Crippen LogP contribution is -2.96. The number of nitrogens with one attached hydrogen (secondary N) is 1. The van der Waals surface area contributed by atoms with Crippen LogP contribution in [0.1, 0.15) is 12.0 Å². The molecule has 1 unspecified atom stereocenters. The Kier molecular flexibility index (Phi) is 4.92. The van der Waals surface area contributed by atoms with E-state index in [0.29, 0.717) is 19.6 Å². The zero-order chi connectivity index (χ0) is 13.5. The van der Waals surface area contributed by atoms with E-state index in [4.69, 9.17) is 4.74 Å². The number of ether oxygens (including phenoxy) is 1. The Balaban J connectivity index is 1.68. The van der Waals surface area contributed by atoms with Crippen LogP contribution in [0.15, 0.2) is 30.3 Å². The molecule has 1 heterocycles. The summed E-state index contributed by atoms with van der Waals surface area (Å²) in [5.41, 5.74) is 1.14. The lowest BCUT2D eigenvalue weighted by atomic mass is 10.1. The Morgan fingerprint density at radius 1 is 1.37 bits per heavy atom. The molecule has 5 heteroatoms. The maximum absolute atomic E-state index is 11.6. The molecule has 0 aromatic heterocycles. The topological polar surface area (TPSA) is 72.0 Å². The minimum Gasteiger partial charge on any atom is -0.465 e.